The molecule has 1 aromatic carbocycles. The van der Waals surface area contributed by atoms with E-state index in [9.17, 15) is 19.1 Å². The maximum Gasteiger partial charge on any atom is 0.407 e. The zero-order chi connectivity index (χ0) is 23.9. The highest BCUT2D eigenvalue weighted by Gasteiger charge is 2.45. The maximum atomic E-state index is 13.5. The first kappa shape index (κ1) is 23.5. The monoisotopic (exact) mass is 445 g/mol. The molecule has 1 aliphatic rings. The topological polar surface area (TPSA) is 124 Å². The highest BCUT2D eigenvalue weighted by atomic mass is 19.1. The molecule has 2 amide bonds. The lowest BCUT2D eigenvalue weighted by molar-refractivity contribution is -0.123. The second-order valence-electron chi connectivity index (χ2n) is 9.35. The third kappa shape index (κ3) is 4.67. The lowest BCUT2D eigenvalue weighted by Crippen LogP contribution is -2.42. The second kappa shape index (κ2) is 8.05. The van der Waals surface area contributed by atoms with Crippen molar-refractivity contribution >= 4 is 12.0 Å². The number of aromatic nitrogens is 1. The quantitative estimate of drug-likeness (QED) is 0.650. The first-order valence-electron chi connectivity index (χ1n) is 10.2. The van der Waals surface area contributed by atoms with Crippen LogP contribution in [0.5, 0.6) is 5.75 Å². The normalized spacial score (nSPS) is 19.5. The first-order valence-corrected chi connectivity index (χ1v) is 10.2. The Labute approximate surface area is 185 Å². The van der Waals surface area contributed by atoms with Crippen molar-refractivity contribution in [1.82, 2.24) is 10.3 Å². The Hall–Kier alpha value is -3.20. The van der Waals surface area contributed by atoms with E-state index < -0.39 is 34.4 Å². The largest absolute Gasteiger partial charge is 0.489 e. The van der Waals surface area contributed by atoms with Crippen LogP contribution in [0.15, 0.2) is 30.3 Å². The standard InChI is InChI=1S/C23H28FN3O5/c1-21(2,3)32-20(29)26-11-23(5,30)16-10-15-18(31-12-22(15,4)19(25)28)17(27-16)13-6-8-14(24)9-7-13/h6-10,30H,11-12H2,1-5H3,(H2,25,28)(H,26,29)/t22-,23?/m0/s1. The average Bonchev–Trinajstić information content (AvgIpc) is 3.04. The number of fused-ring (bicyclic) bond motifs is 1. The molecule has 2 atom stereocenters. The van der Waals surface area contributed by atoms with E-state index >= 15 is 0 Å². The third-order valence-electron chi connectivity index (χ3n) is 5.26. The molecular formula is C23H28FN3O5. The van der Waals surface area contributed by atoms with Gasteiger partial charge in [-0.1, -0.05) is 0 Å². The molecule has 0 radical (unpaired) electrons. The van der Waals surface area contributed by atoms with Gasteiger partial charge in [-0.05, 0) is 65.0 Å². The Kier molecular flexibility index (Phi) is 5.90. The summed E-state index contributed by atoms with van der Waals surface area (Å²) in [6.07, 6.45) is -0.692. The molecule has 9 heteroatoms. The van der Waals surface area contributed by atoms with E-state index in [1.165, 1.54) is 31.2 Å². The molecule has 2 aromatic rings. The number of halogens is 1. The third-order valence-corrected chi connectivity index (χ3v) is 5.26. The summed E-state index contributed by atoms with van der Waals surface area (Å²) in [7, 11) is 0. The number of primary amides is 1. The minimum absolute atomic E-state index is 0.00922. The Balaban J connectivity index is 2.04. The number of amides is 2. The van der Waals surface area contributed by atoms with Gasteiger partial charge < -0.3 is 25.6 Å². The van der Waals surface area contributed by atoms with Crippen LogP contribution in [0.2, 0.25) is 0 Å². The maximum absolute atomic E-state index is 13.5. The number of rotatable bonds is 5. The fourth-order valence-electron chi connectivity index (χ4n) is 3.32. The summed E-state index contributed by atoms with van der Waals surface area (Å²) in [6.45, 7) is 8.11. The lowest BCUT2D eigenvalue weighted by atomic mass is 9.82. The molecule has 1 aliphatic heterocycles. The van der Waals surface area contributed by atoms with Crippen molar-refractivity contribution in [3.8, 4) is 17.0 Å². The van der Waals surface area contributed by atoms with Crippen LogP contribution in [-0.2, 0) is 20.5 Å². The molecule has 32 heavy (non-hydrogen) atoms. The van der Waals surface area contributed by atoms with Crippen molar-refractivity contribution in [3.05, 3.63) is 47.4 Å². The number of hydrogen-bond acceptors (Lipinski definition) is 6. The van der Waals surface area contributed by atoms with Gasteiger partial charge in [0, 0.05) is 11.1 Å². The Morgan fingerprint density at radius 1 is 1.28 bits per heavy atom. The van der Waals surface area contributed by atoms with Crippen LogP contribution in [0.1, 0.15) is 45.9 Å². The fourth-order valence-corrected chi connectivity index (χ4v) is 3.32. The Morgan fingerprint density at radius 2 is 1.91 bits per heavy atom. The summed E-state index contributed by atoms with van der Waals surface area (Å²) in [4.78, 5) is 28.8. The van der Waals surface area contributed by atoms with E-state index in [2.05, 4.69) is 10.3 Å². The highest BCUT2D eigenvalue weighted by Crippen LogP contribution is 2.45. The fraction of sp³-hybridized carbons (Fsp3) is 0.435. The van der Waals surface area contributed by atoms with Gasteiger partial charge in [-0.25, -0.2) is 14.2 Å². The van der Waals surface area contributed by atoms with E-state index in [1.807, 2.05) is 0 Å². The van der Waals surface area contributed by atoms with Crippen LogP contribution in [0.25, 0.3) is 11.3 Å². The first-order chi connectivity index (χ1) is 14.7. The van der Waals surface area contributed by atoms with Gasteiger partial charge in [0.25, 0.3) is 0 Å². The van der Waals surface area contributed by atoms with Crippen LogP contribution in [0.4, 0.5) is 9.18 Å². The number of benzene rings is 1. The van der Waals surface area contributed by atoms with Gasteiger partial charge >= 0.3 is 6.09 Å². The van der Waals surface area contributed by atoms with Crippen molar-refractivity contribution in [1.29, 1.82) is 0 Å². The summed E-state index contributed by atoms with van der Waals surface area (Å²) >= 11 is 0. The summed E-state index contributed by atoms with van der Waals surface area (Å²) in [5.74, 6) is -0.666. The SMILES string of the molecule is CC(C)(C)OC(=O)NCC(C)(O)c1cc2c(c(-c3ccc(F)cc3)n1)OC[C@]2(C)C(N)=O. The van der Waals surface area contributed by atoms with Crippen molar-refractivity contribution < 1.29 is 28.6 Å². The summed E-state index contributed by atoms with van der Waals surface area (Å²) < 4.78 is 24.5. The number of aliphatic hydroxyl groups is 1. The molecule has 172 valence electrons. The number of pyridine rings is 1. The molecule has 0 fully saturated rings. The molecule has 1 unspecified atom stereocenters. The van der Waals surface area contributed by atoms with Gasteiger partial charge in [0.05, 0.1) is 12.2 Å². The Bertz CT molecular complexity index is 1050. The molecule has 8 nitrogen and oxygen atoms in total. The van der Waals surface area contributed by atoms with Crippen molar-refractivity contribution in [2.45, 2.75) is 51.2 Å². The molecule has 0 spiro atoms. The molecule has 0 bridgehead atoms. The molecule has 4 N–H and O–H groups in total. The zero-order valence-corrected chi connectivity index (χ0v) is 18.8. The minimum atomic E-state index is -1.62. The molecule has 0 aliphatic carbocycles. The summed E-state index contributed by atoms with van der Waals surface area (Å²) in [5.41, 5.74) is 3.70. The Morgan fingerprint density at radius 3 is 2.47 bits per heavy atom. The molecule has 1 aromatic heterocycles. The minimum Gasteiger partial charge on any atom is -0.489 e. The number of ether oxygens (including phenoxy) is 2. The van der Waals surface area contributed by atoms with Gasteiger partial charge in [-0.3, -0.25) is 4.79 Å². The van der Waals surface area contributed by atoms with Gasteiger partial charge in [0.2, 0.25) is 5.91 Å². The molecule has 2 heterocycles. The van der Waals surface area contributed by atoms with E-state index in [-0.39, 0.29) is 18.8 Å². The van der Waals surface area contributed by atoms with E-state index in [0.29, 0.717) is 22.6 Å². The van der Waals surface area contributed by atoms with Crippen LogP contribution in [0, 0.1) is 5.82 Å². The molecule has 0 saturated heterocycles. The van der Waals surface area contributed by atoms with E-state index in [4.69, 9.17) is 15.2 Å². The lowest BCUT2D eigenvalue weighted by Gasteiger charge is -2.27. The predicted octanol–water partition coefficient (Wildman–Crippen LogP) is 2.76. The van der Waals surface area contributed by atoms with Crippen LogP contribution < -0.4 is 15.8 Å². The summed E-state index contributed by atoms with van der Waals surface area (Å²) in [6, 6.07) is 7.16. The van der Waals surface area contributed by atoms with Crippen molar-refractivity contribution in [2.75, 3.05) is 13.2 Å². The van der Waals surface area contributed by atoms with Crippen molar-refractivity contribution in [3.63, 3.8) is 0 Å². The smallest absolute Gasteiger partial charge is 0.407 e. The van der Waals surface area contributed by atoms with Crippen molar-refractivity contribution in [2.24, 2.45) is 5.73 Å². The van der Waals surface area contributed by atoms with Gasteiger partial charge in [0.1, 0.15) is 40.5 Å². The number of nitrogens with zero attached hydrogens (tertiary/aromatic N) is 1. The van der Waals surface area contributed by atoms with Gasteiger partial charge in [-0.15, -0.1) is 0 Å². The predicted molar refractivity (Wildman–Crippen MR) is 115 cm³/mol. The summed E-state index contributed by atoms with van der Waals surface area (Å²) in [5, 5.41) is 13.7. The number of alkyl carbamates (subject to hydrolysis) is 1. The molecule has 3 rings (SSSR count). The van der Waals surface area contributed by atoms with Crippen LogP contribution >= 0.6 is 0 Å². The van der Waals surface area contributed by atoms with Gasteiger partial charge in [-0.2, -0.15) is 0 Å². The molecular weight excluding hydrogens is 417 g/mol. The van der Waals surface area contributed by atoms with Crippen LogP contribution in [-0.4, -0.2) is 40.8 Å². The van der Waals surface area contributed by atoms with E-state index in [0.717, 1.165) is 0 Å². The molecule has 0 saturated carbocycles. The number of carbonyl (C=O) groups is 2. The second-order valence-corrected chi connectivity index (χ2v) is 9.35. The van der Waals surface area contributed by atoms with Gasteiger partial charge in [0.15, 0.2) is 0 Å². The number of hydrogen-bond donors (Lipinski definition) is 3. The van der Waals surface area contributed by atoms with Crippen LogP contribution in [0.3, 0.4) is 0 Å². The van der Waals surface area contributed by atoms with E-state index in [1.54, 1.807) is 33.8 Å². The number of carbonyl (C=O) groups excluding carboxylic acids is 2. The zero-order valence-electron chi connectivity index (χ0n) is 18.8. The number of nitrogens with one attached hydrogen (secondary N) is 1. The average molecular weight is 445 g/mol. The highest BCUT2D eigenvalue weighted by molar-refractivity contribution is 5.90. The number of nitrogens with two attached hydrogens (primary N) is 1.